The van der Waals surface area contributed by atoms with E-state index in [1.807, 2.05) is 0 Å². The van der Waals surface area contributed by atoms with Crippen LogP contribution in [0.5, 0.6) is 0 Å². The van der Waals surface area contributed by atoms with E-state index in [0.717, 1.165) is 0 Å². The molecule has 0 radical (unpaired) electrons. The Bertz CT molecular complexity index is 1140. The Kier molecular flexibility index (Phi) is 7.41. The average Bonchev–Trinajstić information content (AvgIpc) is 3.11. The van der Waals surface area contributed by atoms with E-state index in [1.165, 1.54) is 12.1 Å². The highest BCUT2D eigenvalue weighted by Gasteiger charge is 2.67. The predicted molar refractivity (Wildman–Crippen MR) is 135 cm³/mol. The number of amides is 4. The first-order valence-electron chi connectivity index (χ1n) is 10.3. The fourth-order valence-electron chi connectivity index (χ4n) is 3.94. The molecule has 1 heterocycles. The standard InChI is InChI=1S/C22H19Cl5N4O3/c23-12-7-11(8-13(24)9-12)17-18(22(17,26)27)20(33)30-14-1-2-16(25)15(10-14)19(32)28-3-5-31-6-4-29-21(31)34/h1-2,7-10,17-18H,3-6H2,(H,28,32)(H,29,34)(H,30,33)/t17-,18+/m1/s1. The Hall–Kier alpha value is -1.90. The number of halogens is 5. The van der Waals surface area contributed by atoms with E-state index < -0.39 is 28.0 Å². The summed E-state index contributed by atoms with van der Waals surface area (Å²) in [5, 5.41) is 9.21. The summed E-state index contributed by atoms with van der Waals surface area (Å²) >= 11 is 31.1. The van der Waals surface area contributed by atoms with Gasteiger partial charge in [0.25, 0.3) is 5.91 Å². The van der Waals surface area contributed by atoms with Gasteiger partial charge in [-0.2, -0.15) is 0 Å². The van der Waals surface area contributed by atoms with E-state index >= 15 is 0 Å². The number of anilines is 1. The molecule has 2 aromatic rings. The van der Waals surface area contributed by atoms with Gasteiger partial charge in [0.2, 0.25) is 5.91 Å². The second-order valence-corrected chi connectivity index (χ2v) is 10.7. The summed E-state index contributed by atoms with van der Waals surface area (Å²) < 4.78 is -1.33. The van der Waals surface area contributed by atoms with Crippen molar-refractivity contribution in [3.8, 4) is 0 Å². The van der Waals surface area contributed by atoms with Crippen LogP contribution in [0.2, 0.25) is 15.1 Å². The largest absolute Gasteiger partial charge is 0.350 e. The summed E-state index contributed by atoms with van der Waals surface area (Å²) in [4.78, 5) is 38.7. The summed E-state index contributed by atoms with van der Waals surface area (Å²) in [7, 11) is 0. The van der Waals surface area contributed by atoms with Gasteiger partial charge < -0.3 is 20.9 Å². The van der Waals surface area contributed by atoms with Crippen molar-refractivity contribution in [2.24, 2.45) is 5.92 Å². The Morgan fingerprint density at radius 3 is 2.44 bits per heavy atom. The molecule has 4 rings (SSSR count). The Balaban J connectivity index is 1.41. The molecule has 1 aliphatic heterocycles. The van der Waals surface area contributed by atoms with E-state index in [4.69, 9.17) is 58.0 Å². The molecule has 0 bridgehead atoms. The zero-order valence-electron chi connectivity index (χ0n) is 17.5. The van der Waals surface area contributed by atoms with Crippen LogP contribution in [0.3, 0.4) is 0 Å². The molecular weight excluding hydrogens is 546 g/mol. The maximum atomic E-state index is 12.9. The van der Waals surface area contributed by atoms with Crippen LogP contribution >= 0.6 is 58.0 Å². The first-order chi connectivity index (χ1) is 16.1. The summed E-state index contributed by atoms with van der Waals surface area (Å²) in [6.07, 6.45) is 0. The maximum Gasteiger partial charge on any atom is 0.317 e. The molecule has 2 aromatic carbocycles. The number of urea groups is 1. The number of nitrogens with zero attached hydrogens (tertiary/aromatic N) is 1. The number of carbonyl (C=O) groups is 3. The lowest BCUT2D eigenvalue weighted by Gasteiger charge is -2.15. The van der Waals surface area contributed by atoms with Crippen molar-refractivity contribution in [3.63, 3.8) is 0 Å². The number of nitrogens with one attached hydrogen (secondary N) is 3. The normalized spacial score (nSPS) is 20.6. The molecule has 180 valence electrons. The van der Waals surface area contributed by atoms with Gasteiger partial charge in [0.15, 0.2) is 0 Å². The van der Waals surface area contributed by atoms with Gasteiger partial charge in [-0.3, -0.25) is 9.59 Å². The quantitative estimate of drug-likeness (QED) is 0.417. The van der Waals surface area contributed by atoms with Crippen molar-refractivity contribution in [2.75, 3.05) is 31.5 Å². The van der Waals surface area contributed by atoms with Crippen LogP contribution in [0.25, 0.3) is 0 Å². The Morgan fingerprint density at radius 2 is 1.79 bits per heavy atom. The monoisotopic (exact) mass is 562 g/mol. The summed E-state index contributed by atoms with van der Waals surface area (Å²) in [5.41, 5.74) is 1.20. The molecule has 1 saturated heterocycles. The van der Waals surface area contributed by atoms with Crippen molar-refractivity contribution in [1.29, 1.82) is 0 Å². The van der Waals surface area contributed by atoms with Crippen LogP contribution in [0.15, 0.2) is 36.4 Å². The zero-order valence-corrected chi connectivity index (χ0v) is 21.3. The van der Waals surface area contributed by atoms with Gasteiger partial charge in [-0.1, -0.05) is 34.8 Å². The molecule has 2 atom stereocenters. The second kappa shape index (κ2) is 9.99. The smallest absolute Gasteiger partial charge is 0.317 e. The van der Waals surface area contributed by atoms with Crippen LogP contribution < -0.4 is 16.0 Å². The minimum absolute atomic E-state index is 0.162. The van der Waals surface area contributed by atoms with Crippen molar-refractivity contribution in [2.45, 2.75) is 10.3 Å². The van der Waals surface area contributed by atoms with Crippen LogP contribution in [0.1, 0.15) is 21.8 Å². The van der Waals surface area contributed by atoms with Crippen LogP contribution in [0.4, 0.5) is 10.5 Å². The maximum absolute atomic E-state index is 12.9. The molecule has 2 aliphatic rings. The SMILES string of the molecule is O=C(NCCN1CCNC1=O)c1cc(NC(=O)[C@@H]2[C@@H](c3cc(Cl)cc(Cl)c3)C2(Cl)Cl)ccc1Cl. The number of rotatable bonds is 7. The number of alkyl halides is 2. The second-order valence-electron chi connectivity index (χ2n) is 7.99. The van der Waals surface area contributed by atoms with Gasteiger partial charge in [-0.05, 0) is 42.0 Å². The molecule has 0 spiro atoms. The van der Waals surface area contributed by atoms with Crippen LogP contribution in [-0.4, -0.2) is 53.3 Å². The van der Waals surface area contributed by atoms with Gasteiger partial charge in [0, 0.05) is 47.8 Å². The molecule has 34 heavy (non-hydrogen) atoms. The molecule has 4 amide bonds. The Morgan fingerprint density at radius 1 is 1.09 bits per heavy atom. The number of benzene rings is 2. The van der Waals surface area contributed by atoms with Gasteiger partial charge >= 0.3 is 6.03 Å². The van der Waals surface area contributed by atoms with Crippen molar-refractivity contribution in [3.05, 3.63) is 62.6 Å². The van der Waals surface area contributed by atoms with E-state index in [9.17, 15) is 14.4 Å². The van der Waals surface area contributed by atoms with Crippen molar-refractivity contribution >= 4 is 81.5 Å². The number of carbonyl (C=O) groups excluding carboxylic acids is 3. The Labute approximate surface area is 221 Å². The van der Waals surface area contributed by atoms with Gasteiger partial charge in [0.1, 0.15) is 4.33 Å². The lowest BCUT2D eigenvalue weighted by Crippen LogP contribution is -2.36. The third kappa shape index (κ3) is 5.34. The van der Waals surface area contributed by atoms with Gasteiger partial charge in [-0.25, -0.2) is 4.79 Å². The molecule has 7 nitrogen and oxygen atoms in total. The van der Waals surface area contributed by atoms with E-state index in [-0.39, 0.29) is 23.2 Å². The predicted octanol–water partition coefficient (Wildman–Crippen LogP) is 4.93. The third-order valence-corrected chi connectivity index (χ3v) is 7.38. The number of hydrogen-bond acceptors (Lipinski definition) is 3. The average molecular weight is 565 g/mol. The summed E-state index contributed by atoms with van der Waals surface area (Å²) in [6, 6.07) is 9.30. The molecule has 0 unspecified atom stereocenters. The van der Waals surface area contributed by atoms with Crippen LogP contribution in [-0.2, 0) is 4.79 Å². The summed E-state index contributed by atoms with van der Waals surface area (Å²) in [5.74, 6) is -2.09. The fraction of sp³-hybridized carbons (Fsp3) is 0.318. The van der Waals surface area contributed by atoms with E-state index in [2.05, 4.69) is 16.0 Å². The summed E-state index contributed by atoms with van der Waals surface area (Å²) in [6.45, 7) is 1.80. The fourth-order valence-corrected chi connectivity index (χ4v) is 5.52. The van der Waals surface area contributed by atoms with Gasteiger partial charge in [-0.15, -0.1) is 23.2 Å². The highest BCUT2D eigenvalue weighted by atomic mass is 35.5. The molecular formula is C22H19Cl5N4O3. The highest BCUT2D eigenvalue weighted by molar-refractivity contribution is 6.53. The van der Waals surface area contributed by atoms with Crippen LogP contribution in [0, 0.1) is 5.92 Å². The van der Waals surface area contributed by atoms with Crippen molar-refractivity contribution < 1.29 is 14.4 Å². The molecule has 12 heteroatoms. The number of hydrogen-bond donors (Lipinski definition) is 3. The third-order valence-electron chi connectivity index (χ3n) is 5.67. The zero-order chi connectivity index (χ0) is 24.6. The lowest BCUT2D eigenvalue weighted by molar-refractivity contribution is -0.117. The highest BCUT2D eigenvalue weighted by Crippen LogP contribution is 2.65. The molecule has 0 aromatic heterocycles. The minimum atomic E-state index is -1.33. The van der Waals surface area contributed by atoms with E-state index in [0.29, 0.717) is 40.9 Å². The van der Waals surface area contributed by atoms with Crippen molar-refractivity contribution in [1.82, 2.24) is 15.5 Å². The molecule has 3 N–H and O–H groups in total. The molecule has 2 fully saturated rings. The van der Waals surface area contributed by atoms with Gasteiger partial charge in [0.05, 0.1) is 16.5 Å². The first kappa shape index (κ1) is 25.2. The van der Waals surface area contributed by atoms with E-state index in [1.54, 1.807) is 29.2 Å². The first-order valence-corrected chi connectivity index (χ1v) is 12.2. The molecule has 1 aliphatic carbocycles. The topological polar surface area (TPSA) is 90.5 Å². The molecule has 1 saturated carbocycles. The lowest BCUT2D eigenvalue weighted by atomic mass is 10.1. The minimum Gasteiger partial charge on any atom is -0.350 e.